The van der Waals surface area contributed by atoms with Crippen LogP contribution in [0.5, 0.6) is 0 Å². The average Bonchev–Trinajstić information content (AvgIpc) is 3.34. The van der Waals surface area contributed by atoms with Gasteiger partial charge in [0.1, 0.15) is 5.82 Å². The van der Waals surface area contributed by atoms with Gasteiger partial charge in [-0.2, -0.15) is 0 Å². The highest BCUT2D eigenvalue weighted by Crippen LogP contribution is 2.35. The van der Waals surface area contributed by atoms with E-state index >= 15 is 0 Å². The maximum absolute atomic E-state index is 13.3. The molecule has 2 aliphatic rings. The molecule has 186 valence electrons. The predicted octanol–water partition coefficient (Wildman–Crippen LogP) is 5.29. The minimum atomic E-state index is 0.0627. The van der Waals surface area contributed by atoms with Crippen molar-refractivity contribution in [1.29, 1.82) is 0 Å². The van der Waals surface area contributed by atoms with Gasteiger partial charge >= 0.3 is 0 Å². The van der Waals surface area contributed by atoms with Crippen LogP contribution in [0, 0.1) is 13.8 Å². The van der Waals surface area contributed by atoms with Crippen LogP contribution < -0.4 is 4.90 Å². The second-order valence-corrected chi connectivity index (χ2v) is 10.6. The third-order valence-corrected chi connectivity index (χ3v) is 7.94. The number of piperazine rings is 1. The molecule has 1 saturated carbocycles. The van der Waals surface area contributed by atoms with Crippen molar-refractivity contribution in [1.82, 2.24) is 24.5 Å². The van der Waals surface area contributed by atoms with Gasteiger partial charge in [-0.05, 0) is 57.9 Å². The van der Waals surface area contributed by atoms with E-state index < -0.39 is 0 Å². The highest BCUT2D eigenvalue weighted by Gasteiger charge is 2.32. The summed E-state index contributed by atoms with van der Waals surface area (Å²) in [7, 11) is 0. The Labute approximate surface area is 212 Å². The van der Waals surface area contributed by atoms with E-state index in [4.69, 9.17) is 15.2 Å². The number of benzene rings is 2. The summed E-state index contributed by atoms with van der Waals surface area (Å²) in [6.45, 7) is 8.38. The molecular weight excluding hydrogens is 448 g/mol. The zero-order valence-corrected chi connectivity index (χ0v) is 21.4. The van der Waals surface area contributed by atoms with Crippen molar-refractivity contribution in [2.75, 3.05) is 24.5 Å². The molecule has 6 rings (SSSR count). The van der Waals surface area contributed by atoms with E-state index in [1.165, 1.54) is 24.8 Å². The molecule has 1 atom stereocenters. The number of carbonyl (C=O) groups excluding carboxylic acids is 1. The fourth-order valence-electron chi connectivity index (χ4n) is 5.89. The number of fused-ring (bicyclic) bond motifs is 3. The first kappa shape index (κ1) is 23.0. The van der Waals surface area contributed by atoms with Crippen molar-refractivity contribution >= 4 is 28.4 Å². The molecule has 0 bridgehead atoms. The van der Waals surface area contributed by atoms with E-state index in [0.29, 0.717) is 12.5 Å². The number of amides is 1. The molecule has 0 unspecified atom stereocenters. The second kappa shape index (κ2) is 9.19. The first-order chi connectivity index (χ1) is 17.5. The highest BCUT2D eigenvalue weighted by atomic mass is 16.2. The zero-order chi connectivity index (χ0) is 24.8. The van der Waals surface area contributed by atoms with Gasteiger partial charge in [0.15, 0.2) is 5.65 Å². The van der Waals surface area contributed by atoms with Gasteiger partial charge in [0.05, 0.1) is 5.52 Å². The summed E-state index contributed by atoms with van der Waals surface area (Å²) < 4.78 is 2.22. The standard InChI is InChI=1S/C29H34N6O/c1-19-9-12-23(13-10-19)28(36)34-16-15-33(18-21(34)3)29-30-25-14-11-20(2)17-24(25)27-32-31-26(35(27)29)22-7-5-4-6-8-22/h9-14,17,21-22H,4-8,15-16,18H2,1-3H3/t21-/m1/s1. The molecule has 36 heavy (non-hydrogen) atoms. The summed E-state index contributed by atoms with van der Waals surface area (Å²) in [5.41, 5.74) is 4.94. The molecular formula is C29H34N6O. The van der Waals surface area contributed by atoms with E-state index in [2.05, 4.69) is 41.3 Å². The third-order valence-electron chi connectivity index (χ3n) is 7.94. The fraction of sp³-hybridized carbons (Fsp3) is 0.448. The maximum atomic E-state index is 13.3. The minimum absolute atomic E-state index is 0.0627. The van der Waals surface area contributed by atoms with Gasteiger partial charge in [0.2, 0.25) is 5.95 Å². The van der Waals surface area contributed by atoms with Crippen molar-refractivity contribution < 1.29 is 4.79 Å². The van der Waals surface area contributed by atoms with E-state index in [1.807, 2.05) is 36.1 Å². The Morgan fingerprint density at radius 1 is 0.917 bits per heavy atom. The van der Waals surface area contributed by atoms with Crippen LogP contribution >= 0.6 is 0 Å². The lowest BCUT2D eigenvalue weighted by Crippen LogP contribution is -2.54. The molecule has 2 aromatic heterocycles. The molecule has 1 aliphatic carbocycles. The third kappa shape index (κ3) is 4.00. The van der Waals surface area contributed by atoms with Crippen LogP contribution in [0.4, 0.5) is 5.95 Å². The molecule has 0 radical (unpaired) electrons. The lowest BCUT2D eigenvalue weighted by Gasteiger charge is -2.40. The van der Waals surface area contributed by atoms with Crippen molar-refractivity contribution in [3.63, 3.8) is 0 Å². The quantitative estimate of drug-likeness (QED) is 0.397. The molecule has 3 heterocycles. The molecule has 1 amide bonds. The van der Waals surface area contributed by atoms with Gasteiger partial charge in [-0.15, -0.1) is 10.2 Å². The Morgan fingerprint density at radius 3 is 2.42 bits per heavy atom. The summed E-state index contributed by atoms with van der Waals surface area (Å²) in [5, 5.41) is 10.5. The van der Waals surface area contributed by atoms with Crippen molar-refractivity contribution in [3.05, 3.63) is 65.0 Å². The number of carbonyl (C=O) groups is 1. The Balaban J connectivity index is 1.37. The second-order valence-electron chi connectivity index (χ2n) is 10.6. The van der Waals surface area contributed by atoms with Crippen LogP contribution in [0.3, 0.4) is 0 Å². The van der Waals surface area contributed by atoms with Crippen molar-refractivity contribution in [2.24, 2.45) is 0 Å². The summed E-state index contributed by atoms with van der Waals surface area (Å²) in [6.07, 6.45) is 6.09. The van der Waals surface area contributed by atoms with Gasteiger partial charge in [-0.1, -0.05) is 48.6 Å². The number of aromatic nitrogens is 4. The van der Waals surface area contributed by atoms with Gasteiger partial charge in [0.25, 0.3) is 5.91 Å². The topological polar surface area (TPSA) is 66.6 Å². The lowest BCUT2D eigenvalue weighted by atomic mass is 9.89. The van der Waals surface area contributed by atoms with Gasteiger partial charge < -0.3 is 9.80 Å². The van der Waals surface area contributed by atoms with Gasteiger partial charge in [-0.25, -0.2) is 9.38 Å². The van der Waals surface area contributed by atoms with Crippen LogP contribution in [0.1, 0.15) is 72.3 Å². The van der Waals surface area contributed by atoms with Crippen LogP contribution in [-0.2, 0) is 0 Å². The van der Waals surface area contributed by atoms with Crippen LogP contribution in [0.2, 0.25) is 0 Å². The monoisotopic (exact) mass is 482 g/mol. The summed E-state index contributed by atoms with van der Waals surface area (Å²) in [5.74, 6) is 2.46. The number of hydrogen-bond acceptors (Lipinski definition) is 5. The number of rotatable bonds is 3. The molecule has 2 aromatic carbocycles. The molecule has 4 aromatic rings. The summed E-state index contributed by atoms with van der Waals surface area (Å²) in [6, 6.07) is 14.3. The molecule has 2 fully saturated rings. The molecule has 1 aliphatic heterocycles. The van der Waals surface area contributed by atoms with E-state index in [9.17, 15) is 4.79 Å². The Hall–Kier alpha value is -3.48. The summed E-state index contributed by atoms with van der Waals surface area (Å²) >= 11 is 0. The fourth-order valence-corrected chi connectivity index (χ4v) is 5.89. The number of aryl methyl sites for hydroxylation is 2. The Kier molecular flexibility index (Phi) is 5.86. The SMILES string of the molecule is Cc1ccc(C(=O)N2CCN(c3nc4ccc(C)cc4c4nnc(C5CCCCC5)n34)C[C@H]2C)cc1. The normalized spacial score (nSPS) is 19.4. The molecule has 1 saturated heterocycles. The van der Waals surface area contributed by atoms with Gasteiger partial charge in [0, 0.05) is 42.5 Å². The van der Waals surface area contributed by atoms with Gasteiger partial charge in [-0.3, -0.25) is 4.79 Å². The molecule has 7 nitrogen and oxygen atoms in total. The Bertz CT molecular complexity index is 1420. The predicted molar refractivity (Wildman–Crippen MR) is 143 cm³/mol. The number of nitrogens with zero attached hydrogens (tertiary/aromatic N) is 6. The van der Waals surface area contributed by atoms with Crippen LogP contribution in [-0.4, -0.2) is 56.1 Å². The number of hydrogen-bond donors (Lipinski definition) is 0. The molecule has 7 heteroatoms. The first-order valence-electron chi connectivity index (χ1n) is 13.3. The van der Waals surface area contributed by atoms with Crippen molar-refractivity contribution in [3.8, 4) is 0 Å². The maximum Gasteiger partial charge on any atom is 0.254 e. The van der Waals surface area contributed by atoms with E-state index in [0.717, 1.165) is 65.4 Å². The first-order valence-corrected chi connectivity index (χ1v) is 13.3. The smallest absolute Gasteiger partial charge is 0.254 e. The van der Waals surface area contributed by atoms with Crippen LogP contribution in [0.25, 0.3) is 16.6 Å². The van der Waals surface area contributed by atoms with E-state index in [-0.39, 0.29) is 11.9 Å². The minimum Gasteiger partial charge on any atom is -0.338 e. The molecule has 0 spiro atoms. The Morgan fingerprint density at radius 2 is 1.67 bits per heavy atom. The largest absolute Gasteiger partial charge is 0.338 e. The lowest BCUT2D eigenvalue weighted by molar-refractivity contribution is 0.0673. The van der Waals surface area contributed by atoms with Crippen molar-refractivity contribution in [2.45, 2.75) is 64.8 Å². The molecule has 0 N–H and O–H groups in total. The van der Waals surface area contributed by atoms with Crippen LogP contribution in [0.15, 0.2) is 42.5 Å². The number of anilines is 1. The zero-order valence-electron chi connectivity index (χ0n) is 21.4. The van der Waals surface area contributed by atoms with E-state index in [1.54, 1.807) is 0 Å². The average molecular weight is 483 g/mol. The highest BCUT2D eigenvalue weighted by molar-refractivity contribution is 5.95. The summed E-state index contributed by atoms with van der Waals surface area (Å²) in [4.78, 5) is 22.8.